The molecule has 0 aromatic heterocycles. The molecule has 1 fully saturated rings. The van der Waals surface area contributed by atoms with Crippen LogP contribution in [0.25, 0.3) is 0 Å². The van der Waals surface area contributed by atoms with E-state index in [1.54, 1.807) is 4.90 Å². The first kappa shape index (κ1) is 17.9. The minimum Gasteiger partial charge on any atom is -0.377 e. The third-order valence-electron chi connectivity index (χ3n) is 3.81. The van der Waals surface area contributed by atoms with Crippen molar-refractivity contribution < 1.29 is 14.3 Å². The normalized spacial score (nSPS) is 20.1. The van der Waals surface area contributed by atoms with Crippen LogP contribution in [0.15, 0.2) is 0 Å². The Bertz CT molecular complexity index is 336. The number of nitrogens with zero attached hydrogens (tertiary/aromatic N) is 1. The van der Waals surface area contributed by atoms with Gasteiger partial charge >= 0.3 is 0 Å². The summed E-state index contributed by atoms with van der Waals surface area (Å²) in [4.78, 5) is 26.1. The van der Waals surface area contributed by atoms with Gasteiger partial charge in [-0.15, -0.1) is 0 Å². The molecule has 1 saturated heterocycles. The summed E-state index contributed by atoms with van der Waals surface area (Å²) in [6.45, 7) is 6.67. The lowest BCUT2D eigenvalue weighted by atomic mass is 10.0. The molecule has 122 valence electrons. The van der Waals surface area contributed by atoms with Crippen molar-refractivity contribution in [2.45, 2.75) is 45.6 Å². The van der Waals surface area contributed by atoms with Gasteiger partial charge in [0.25, 0.3) is 0 Å². The first-order valence-electron chi connectivity index (χ1n) is 7.95. The van der Waals surface area contributed by atoms with Gasteiger partial charge in [-0.05, 0) is 31.7 Å². The van der Waals surface area contributed by atoms with Crippen LogP contribution in [-0.4, -0.2) is 55.6 Å². The molecule has 0 spiro atoms. The highest BCUT2D eigenvalue weighted by Gasteiger charge is 2.32. The van der Waals surface area contributed by atoms with Gasteiger partial charge in [-0.2, -0.15) is 0 Å². The van der Waals surface area contributed by atoms with Gasteiger partial charge in [-0.3, -0.25) is 9.59 Å². The SMILES string of the molecule is CCCNC(=O)C1COCCN1C(=O)CCC(C)CCN. The lowest BCUT2D eigenvalue weighted by Gasteiger charge is -2.34. The van der Waals surface area contributed by atoms with Crippen LogP contribution in [0.1, 0.15) is 39.5 Å². The molecule has 1 aliphatic rings. The lowest BCUT2D eigenvalue weighted by molar-refractivity contribution is -0.148. The molecule has 0 aromatic carbocycles. The summed E-state index contributed by atoms with van der Waals surface area (Å²) in [6, 6.07) is -0.484. The molecule has 2 unspecified atom stereocenters. The first-order valence-corrected chi connectivity index (χ1v) is 7.95. The Hall–Kier alpha value is -1.14. The highest BCUT2D eigenvalue weighted by atomic mass is 16.5. The predicted octanol–water partition coefficient (Wildman–Crippen LogP) is 0.505. The number of hydrogen-bond acceptors (Lipinski definition) is 4. The average Bonchev–Trinajstić information content (AvgIpc) is 2.50. The van der Waals surface area contributed by atoms with E-state index in [1.165, 1.54) is 0 Å². The van der Waals surface area contributed by atoms with Crippen molar-refractivity contribution >= 4 is 11.8 Å². The zero-order valence-electron chi connectivity index (χ0n) is 13.3. The second-order valence-electron chi connectivity index (χ2n) is 5.69. The average molecular weight is 299 g/mol. The number of rotatable bonds is 8. The minimum absolute atomic E-state index is 0.0406. The zero-order chi connectivity index (χ0) is 15.7. The molecule has 0 saturated carbocycles. The van der Waals surface area contributed by atoms with Crippen molar-refractivity contribution in [3.63, 3.8) is 0 Å². The number of ether oxygens (including phenoxy) is 1. The fraction of sp³-hybridized carbons (Fsp3) is 0.867. The molecule has 0 aliphatic carbocycles. The number of morpholine rings is 1. The Morgan fingerprint density at radius 1 is 1.43 bits per heavy atom. The van der Waals surface area contributed by atoms with Crippen molar-refractivity contribution in [3.05, 3.63) is 0 Å². The second kappa shape index (κ2) is 9.73. The van der Waals surface area contributed by atoms with E-state index in [1.807, 2.05) is 6.92 Å². The van der Waals surface area contributed by atoms with Crippen LogP contribution in [0.3, 0.4) is 0 Å². The molecule has 6 nitrogen and oxygen atoms in total. The van der Waals surface area contributed by atoms with Gasteiger partial charge in [0.15, 0.2) is 0 Å². The maximum atomic E-state index is 12.4. The number of hydrogen-bond donors (Lipinski definition) is 2. The molecule has 1 rings (SSSR count). The molecule has 0 bridgehead atoms. The van der Waals surface area contributed by atoms with Gasteiger partial charge in [0.05, 0.1) is 13.2 Å². The molecule has 21 heavy (non-hydrogen) atoms. The van der Waals surface area contributed by atoms with Crippen LogP contribution in [0.4, 0.5) is 0 Å². The fourth-order valence-electron chi connectivity index (χ4n) is 2.43. The highest BCUT2D eigenvalue weighted by molar-refractivity contribution is 5.88. The third kappa shape index (κ3) is 6.01. The van der Waals surface area contributed by atoms with Gasteiger partial charge in [0.2, 0.25) is 11.8 Å². The van der Waals surface area contributed by atoms with E-state index >= 15 is 0 Å². The third-order valence-corrected chi connectivity index (χ3v) is 3.81. The molecular weight excluding hydrogens is 270 g/mol. The molecule has 2 atom stereocenters. The molecular formula is C15H29N3O3. The van der Waals surface area contributed by atoms with E-state index in [0.717, 1.165) is 19.3 Å². The monoisotopic (exact) mass is 299 g/mol. The summed E-state index contributed by atoms with van der Waals surface area (Å²) in [5, 5.41) is 2.84. The summed E-state index contributed by atoms with van der Waals surface area (Å²) < 4.78 is 5.36. The highest BCUT2D eigenvalue weighted by Crippen LogP contribution is 2.14. The summed E-state index contributed by atoms with van der Waals surface area (Å²) in [5.41, 5.74) is 5.52. The molecule has 3 N–H and O–H groups in total. The van der Waals surface area contributed by atoms with E-state index in [0.29, 0.717) is 45.2 Å². The van der Waals surface area contributed by atoms with Crippen molar-refractivity contribution in [2.75, 3.05) is 32.8 Å². The first-order chi connectivity index (χ1) is 10.1. The maximum absolute atomic E-state index is 12.4. The van der Waals surface area contributed by atoms with Crippen molar-refractivity contribution in [1.82, 2.24) is 10.2 Å². The summed E-state index contributed by atoms with van der Waals surface area (Å²) in [6.07, 6.45) is 3.09. The second-order valence-corrected chi connectivity index (χ2v) is 5.69. The maximum Gasteiger partial charge on any atom is 0.245 e. The standard InChI is InChI=1S/C15H29N3O3/c1-3-8-17-15(20)13-11-21-10-9-18(13)14(19)5-4-12(2)6-7-16/h12-13H,3-11,16H2,1-2H3,(H,17,20). The molecule has 2 amide bonds. The van der Waals surface area contributed by atoms with Gasteiger partial charge in [-0.25, -0.2) is 0 Å². The summed E-state index contributed by atoms with van der Waals surface area (Å²) in [5.74, 6) is 0.367. The number of nitrogens with two attached hydrogens (primary N) is 1. The van der Waals surface area contributed by atoms with E-state index in [2.05, 4.69) is 12.2 Å². The Morgan fingerprint density at radius 3 is 2.86 bits per heavy atom. The largest absolute Gasteiger partial charge is 0.377 e. The van der Waals surface area contributed by atoms with E-state index < -0.39 is 6.04 Å². The summed E-state index contributed by atoms with van der Waals surface area (Å²) >= 11 is 0. The lowest BCUT2D eigenvalue weighted by Crippen LogP contribution is -2.56. The topological polar surface area (TPSA) is 84.7 Å². The van der Waals surface area contributed by atoms with Crippen molar-refractivity contribution in [3.8, 4) is 0 Å². The van der Waals surface area contributed by atoms with E-state index in [9.17, 15) is 9.59 Å². The quantitative estimate of drug-likeness (QED) is 0.684. The van der Waals surface area contributed by atoms with Crippen molar-refractivity contribution in [1.29, 1.82) is 0 Å². The van der Waals surface area contributed by atoms with Crippen molar-refractivity contribution in [2.24, 2.45) is 11.7 Å². The fourth-order valence-corrected chi connectivity index (χ4v) is 2.43. The van der Waals surface area contributed by atoms with Crippen LogP contribution >= 0.6 is 0 Å². The van der Waals surface area contributed by atoms with Crippen LogP contribution in [0.2, 0.25) is 0 Å². The number of amides is 2. The zero-order valence-corrected chi connectivity index (χ0v) is 13.3. The van der Waals surface area contributed by atoms with Crippen LogP contribution in [0, 0.1) is 5.92 Å². The van der Waals surface area contributed by atoms with Crippen LogP contribution in [0.5, 0.6) is 0 Å². The Kier molecular flexibility index (Phi) is 8.30. The number of nitrogens with one attached hydrogen (secondary N) is 1. The summed E-state index contributed by atoms with van der Waals surface area (Å²) in [7, 11) is 0. The van der Waals surface area contributed by atoms with E-state index in [4.69, 9.17) is 10.5 Å². The smallest absolute Gasteiger partial charge is 0.245 e. The van der Waals surface area contributed by atoms with Gasteiger partial charge < -0.3 is 20.7 Å². The molecule has 1 heterocycles. The Labute approximate surface area is 127 Å². The van der Waals surface area contributed by atoms with Gasteiger partial charge in [-0.1, -0.05) is 13.8 Å². The number of carbonyl (C=O) groups is 2. The van der Waals surface area contributed by atoms with Crippen LogP contribution in [-0.2, 0) is 14.3 Å². The van der Waals surface area contributed by atoms with Gasteiger partial charge in [0, 0.05) is 19.5 Å². The van der Waals surface area contributed by atoms with Crippen LogP contribution < -0.4 is 11.1 Å². The van der Waals surface area contributed by atoms with E-state index in [-0.39, 0.29) is 11.8 Å². The minimum atomic E-state index is -0.484. The Balaban J connectivity index is 2.51. The number of carbonyl (C=O) groups excluding carboxylic acids is 2. The molecule has 1 aliphatic heterocycles. The molecule has 0 aromatic rings. The molecule has 0 radical (unpaired) electrons. The Morgan fingerprint density at radius 2 is 2.19 bits per heavy atom. The van der Waals surface area contributed by atoms with Gasteiger partial charge in [0.1, 0.15) is 6.04 Å². The predicted molar refractivity (Wildman–Crippen MR) is 81.7 cm³/mol. The molecule has 6 heteroatoms.